The molecule has 172 valence electrons. The third-order valence-electron chi connectivity index (χ3n) is 5.73. The molecule has 0 bridgehead atoms. The highest BCUT2D eigenvalue weighted by Crippen LogP contribution is 2.27. The Balaban J connectivity index is 1.73. The van der Waals surface area contributed by atoms with Crippen LogP contribution in [-0.2, 0) is 16.1 Å². The second kappa shape index (κ2) is 11.0. The van der Waals surface area contributed by atoms with Gasteiger partial charge in [-0.25, -0.2) is 4.79 Å². The van der Waals surface area contributed by atoms with Crippen molar-refractivity contribution in [1.82, 2.24) is 9.80 Å². The number of amides is 2. The molecule has 0 radical (unpaired) electrons. The van der Waals surface area contributed by atoms with Gasteiger partial charge in [-0.2, -0.15) is 0 Å². The molecule has 3 rings (SSSR count). The van der Waals surface area contributed by atoms with Crippen molar-refractivity contribution < 1.29 is 19.4 Å². The van der Waals surface area contributed by atoms with Crippen LogP contribution in [0.5, 0.6) is 0 Å². The summed E-state index contributed by atoms with van der Waals surface area (Å²) in [7, 11) is 1.66. The van der Waals surface area contributed by atoms with Gasteiger partial charge in [-0.15, -0.1) is 0 Å². The van der Waals surface area contributed by atoms with E-state index in [-0.39, 0.29) is 24.5 Å². The molecule has 0 spiro atoms. The lowest BCUT2D eigenvalue weighted by molar-refractivity contribution is -0.138. The lowest BCUT2D eigenvalue weighted by Gasteiger charge is -2.40. The Kier molecular flexibility index (Phi) is 8.40. The minimum absolute atomic E-state index is 0.000296. The molecule has 2 atom stereocenters. The minimum atomic E-state index is -0.872. The maximum absolute atomic E-state index is 13.2. The summed E-state index contributed by atoms with van der Waals surface area (Å²) >= 11 is 12.3. The molecule has 1 aliphatic heterocycles. The summed E-state index contributed by atoms with van der Waals surface area (Å²) in [4.78, 5) is 28.0. The van der Waals surface area contributed by atoms with Crippen LogP contribution in [0.4, 0.5) is 4.79 Å². The van der Waals surface area contributed by atoms with Gasteiger partial charge in [0.1, 0.15) is 0 Å². The summed E-state index contributed by atoms with van der Waals surface area (Å²) in [5, 5.41) is 10.3. The summed E-state index contributed by atoms with van der Waals surface area (Å²) in [5.74, 6) is -1.04. The van der Waals surface area contributed by atoms with Crippen molar-refractivity contribution in [2.45, 2.75) is 32.4 Å². The molecule has 0 aliphatic carbocycles. The van der Waals surface area contributed by atoms with E-state index in [9.17, 15) is 14.7 Å². The Hall–Kier alpha value is -2.28. The van der Waals surface area contributed by atoms with Gasteiger partial charge in [-0.05, 0) is 36.6 Å². The van der Waals surface area contributed by atoms with Gasteiger partial charge >= 0.3 is 12.0 Å². The maximum atomic E-state index is 13.2. The predicted molar refractivity (Wildman–Crippen MR) is 125 cm³/mol. The van der Waals surface area contributed by atoms with Crippen LogP contribution >= 0.6 is 23.2 Å². The molecule has 2 unspecified atom stereocenters. The van der Waals surface area contributed by atoms with E-state index in [1.807, 2.05) is 31.2 Å². The number of carboxylic acids is 1. The quantitative estimate of drug-likeness (QED) is 0.522. The summed E-state index contributed by atoms with van der Waals surface area (Å²) < 4.78 is 5.67. The van der Waals surface area contributed by atoms with Gasteiger partial charge in [-0.3, -0.25) is 4.79 Å². The number of carboxylic acid groups (broad SMARTS) is 1. The van der Waals surface area contributed by atoms with E-state index in [0.29, 0.717) is 42.6 Å². The molecular weight excluding hydrogens is 451 g/mol. The number of hydrogen-bond donors (Lipinski definition) is 1. The monoisotopic (exact) mass is 478 g/mol. The van der Waals surface area contributed by atoms with Gasteiger partial charge < -0.3 is 19.6 Å². The fourth-order valence-corrected chi connectivity index (χ4v) is 4.53. The normalized spacial score (nSPS) is 17.5. The number of carbonyl (C=O) groups excluding carboxylic acids is 1. The highest BCUT2D eigenvalue weighted by atomic mass is 35.5. The first kappa shape index (κ1) is 24.4. The van der Waals surface area contributed by atoms with Crippen LogP contribution in [0.15, 0.2) is 42.5 Å². The van der Waals surface area contributed by atoms with Crippen molar-refractivity contribution in [2.75, 3.05) is 26.7 Å². The molecule has 0 aromatic heterocycles. The summed E-state index contributed by atoms with van der Waals surface area (Å²) in [6, 6.07) is 13.2. The van der Waals surface area contributed by atoms with Crippen LogP contribution in [0.2, 0.25) is 10.0 Å². The number of benzene rings is 2. The smallest absolute Gasteiger partial charge is 0.320 e. The van der Waals surface area contributed by atoms with E-state index in [1.54, 1.807) is 35.1 Å². The van der Waals surface area contributed by atoms with Gasteiger partial charge in [0.05, 0.1) is 12.5 Å². The average Bonchev–Trinajstić information content (AvgIpc) is 2.74. The minimum Gasteiger partial charge on any atom is -0.481 e. The van der Waals surface area contributed by atoms with E-state index >= 15 is 0 Å². The highest BCUT2D eigenvalue weighted by Gasteiger charge is 2.33. The number of methoxy groups -OCH3 is 1. The Morgan fingerprint density at radius 2 is 1.84 bits per heavy atom. The standard InChI is InChI=1S/C24H28Cl2N2O4/c1-16-3-5-18(6-4-16)22(32-2)9-10-27-13-17(11-23(29)30)14-28(24(27)31)15-19-7-8-20(25)12-21(19)26/h3-8,12,17,22H,9-11,13-15H2,1-2H3,(H,29,30). The van der Waals surface area contributed by atoms with E-state index in [1.165, 1.54) is 5.56 Å². The van der Waals surface area contributed by atoms with Gasteiger partial charge in [0.2, 0.25) is 0 Å². The molecule has 6 nitrogen and oxygen atoms in total. The molecule has 32 heavy (non-hydrogen) atoms. The number of ether oxygens (including phenoxy) is 1. The molecule has 1 N–H and O–H groups in total. The Morgan fingerprint density at radius 3 is 2.47 bits per heavy atom. The van der Waals surface area contributed by atoms with Crippen LogP contribution in [0, 0.1) is 12.8 Å². The SMILES string of the molecule is COC(CCN1CC(CC(=O)O)CN(Cc2ccc(Cl)cc2Cl)C1=O)c1ccc(C)cc1. The zero-order valence-corrected chi connectivity index (χ0v) is 19.8. The number of urea groups is 1. The third kappa shape index (κ3) is 6.37. The van der Waals surface area contributed by atoms with Crippen molar-refractivity contribution in [3.05, 3.63) is 69.2 Å². The van der Waals surface area contributed by atoms with Gasteiger partial charge in [-0.1, -0.05) is 59.1 Å². The summed E-state index contributed by atoms with van der Waals surface area (Å²) in [5.41, 5.74) is 2.99. The summed E-state index contributed by atoms with van der Waals surface area (Å²) in [6.45, 7) is 3.56. The molecule has 0 saturated carbocycles. The molecule has 1 saturated heterocycles. The fraction of sp³-hybridized carbons (Fsp3) is 0.417. The van der Waals surface area contributed by atoms with Crippen molar-refractivity contribution >= 4 is 35.2 Å². The molecule has 1 heterocycles. The van der Waals surface area contributed by atoms with E-state index in [2.05, 4.69) is 0 Å². The third-order valence-corrected chi connectivity index (χ3v) is 6.32. The maximum Gasteiger partial charge on any atom is 0.320 e. The van der Waals surface area contributed by atoms with Crippen LogP contribution in [0.3, 0.4) is 0 Å². The number of nitrogens with zero attached hydrogens (tertiary/aromatic N) is 2. The molecule has 2 aromatic carbocycles. The second-order valence-electron chi connectivity index (χ2n) is 8.23. The number of aliphatic carboxylic acids is 1. The number of aryl methyl sites for hydroxylation is 1. The van der Waals surface area contributed by atoms with Crippen molar-refractivity contribution in [1.29, 1.82) is 0 Å². The van der Waals surface area contributed by atoms with Crippen LogP contribution in [0.25, 0.3) is 0 Å². The first-order valence-electron chi connectivity index (χ1n) is 10.6. The Labute approximate surface area is 198 Å². The zero-order valence-electron chi connectivity index (χ0n) is 18.3. The van der Waals surface area contributed by atoms with Crippen LogP contribution in [-0.4, -0.2) is 53.7 Å². The number of hydrogen-bond acceptors (Lipinski definition) is 3. The molecule has 1 fully saturated rings. The first-order valence-corrected chi connectivity index (χ1v) is 11.3. The topological polar surface area (TPSA) is 70.1 Å². The number of carbonyl (C=O) groups is 2. The van der Waals surface area contributed by atoms with E-state index in [4.69, 9.17) is 27.9 Å². The van der Waals surface area contributed by atoms with Crippen molar-refractivity contribution in [3.63, 3.8) is 0 Å². The van der Waals surface area contributed by atoms with Crippen molar-refractivity contribution in [2.24, 2.45) is 5.92 Å². The average molecular weight is 479 g/mol. The van der Waals surface area contributed by atoms with Crippen molar-refractivity contribution in [3.8, 4) is 0 Å². The molecular formula is C24H28Cl2N2O4. The van der Waals surface area contributed by atoms with Gasteiger partial charge in [0.25, 0.3) is 0 Å². The second-order valence-corrected chi connectivity index (χ2v) is 9.08. The highest BCUT2D eigenvalue weighted by molar-refractivity contribution is 6.35. The van der Waals surface area contributed by atoms with Gasteiger partial charge in [0, 0.05) is 49.3 Å². The first-order chi connectivity index (χ1) is 15.3. The molecule has 1 aliphatic rings. The summed E-state index contributed by atoms with van der Waals surface area (Å²) in [6.07, 6.45) is 0.461. The number of halogens is 2. The lowest BCUT2D eigenvalue weighted by atomic mass is 10.00. The lowest BCUT2D eigenvalue weighted by Crippen LogP contribution is -2.53. The fourth-order valence-electron chi connectivity index (χ4n) is 4.06. The molecule has 2 aromatic rings. The predicted octanol–water partition coefficient (Wildman–Crippen LogP) is 5.41. The van der Waals surface area contributed by atoms with Crippen LogP contribution < -0.4 is 0 Å². The van der Waals surface area contributed by atoms with Gasteiger partial charge in [0.15, 0.2) is 0 Å². The Bertz CT molecular complexity index is 952. The van der Waals surface area contributed by atoms with E-state index in [0.717, 1.165) is 11.1 Å². The zero-order chi connectivity index (χ0) is 23.3. The molecule has 2 amide bonds. The Morgan fingerprint density at radius 1 is 1.16 bits per heavy atom. The van der Waals surface area contributed by atoms with Crippen LogP contribution in [0.1, 0.15) is 35.6 Å². The van der Waals surface area contributed by atoms with E-state index < -0.39 is 5.97 Å². The molecule has 8 heteroatoms. The largest absolute Gasteiger partial charge is 0.481 e. The number of rotatable bonds is 9.